The second-order valence-electron chi connectivity index (χ2n) is 4.32. The second kappa shape index (κ2) is 6.97. The van der Waals surface area contributed by atoms with Gasteiger partial charge in [-0.05, 0) is 46.1 Å². The molecular formula is C16H16BrNOS. The van der Waals surface area contributed by atoms with Crippen molar-refractivity contribution in [2.45, 2.75) is 6.92 Å². The molecule has 3 rings (SSSR count). The highest BCUT2D eigenvalue weighted by atomic mass is 79.9. The van der Waals surface area contributed by atoms with Gasteiger partial charge in [0.05, 0.1) is 4.88 Å². The number of hydrogen-bond acceptors (Lipinski definition) is 3. The van der Waals surface area contributed by atoms with Crippen LogP contribution >= 0.6 is 27.3 Å². The fourth-order valence-electron chi connectivity index (χ4n) is 1.90. The van der Waals surface area contributed by atoms with Crippen LogP contribution in [0.2, 0.25) is 0 Å². The minimum absolute atomic E-state index is 1.08. The first kappa shape index (κ1) is 15.2. The van der Waals surface area contributed by atoms with Crippen LogP contribution in [-0.4, -0.2) is 19.2 Å². The summed E-state index contributed by atoms with van der Waals surface area (Å²) in [5, 5.41) is 1.19. The fourth-order valence-corrected chi connectivity index (χ4v) is 3.94. The van der Waals surface area contributed by atoms with Crippen LogP contribution in [0, 0.1) is 6.92 Å². The van der Waals surface area contributed by atoms with Crippen LogP contribution in [0.1, 0.15) is 5.56 Å². The maximum absolute atomic E-state index is 4.41. The Morgan fingerprint density at radius 3 is 2.45 bits per heavy atom. The van der Waals surface area contributed by atoms with Gasteiger partial charge in [0.1, 0.15) is 4.83 Å². The van der Waals surface area contributed by atoms with Crippen LogP contribution in [0.5, 0.6) is 0 Å². The quantitative estimate of drug-likeness (QED) is 0.594. The van der Waals surface area contributed by atoms with Gasteiger partial charge in [-0.15, -0.1) is 11.3 Å². The zero-order valence-electron chi connectivity index (χ0n) is 11.7. The topological polar surface area (TPSA) is 22.1 Å². The molecule has 0 aliphatic heterocycles. The summed E-state index contributed by atoms with van der Waals surface area (Å²) < 4.78 is 5.40. The van der Waals surface area contributed by atoms with E-state index in [0.29, 0.717) is 0 Å². The van der Waals surface area contributed by atoms with E-state index in [1.54, 1.807) is 25.6 Å². The van der Waals surface area contributed by atoms with Crippen molar-refractivity contribution in [3.05, 3.63) is 52.6 Å². The third kappa shape index (κ3) is 3.08. The van der Waals surface area contributed by atoms with Crippen molar-refractivity contribution in [3.63, 3.8) is 0 Å². The number of benzene rings is 1. The predicted octanol–water partition coefficient (Wildman–Crippen LogP) is 5.30. The fraction of sp³-hybridized carbons (Fsp3) is 0.188. The lowest BCUT2D eigenvalue weighted by Gasteiger charge is -2.02. The van der Waals surface area contributed by atoms with Crippen molar-refractivity contribution >= 4 is 37.5 Å². The Morgan fingerprint density at radius 2 is 1.80 bits per heavy atom. The number of aromatic nitrogens is 1. The predicted molar refractivity (Wildman–Crippen MR) is 90.4 cm³/mol. The molecule has 2 aromatic heterocycles. The molecule has 0 radical (unpaired) electrons. The Kier molecular flexibility index (Phi) is 5.29. The zero-order valence-corrected chi connectivity index (χ0v) is 14.1. The molecular weight excluding hydrogens is 334 g/mol. The van der Waals surface area contributed by atoms with Crippen LogP contribution in [0.3, 0.4) is 0 Å². The van der Waals surface area contributed by atoms with Crippen LogP contribution in [0.15, 0.2) is 47.1 Å². The van der Waals surface area contributed by atoms with Crippen molar-refractivity contribution < 1.29 is 4.74 Å². The average Bonchev–Trinajstić information content (AvgIpc) is 2.78. The standard InChI is InChI=1S/C14H10BrNS.C2H6O/c1-9-5-2-3-6-10(9)13-12(15)11-7-4-8-16-14(11)17-13;1-3-2/h2-8H,1H3;1-2H3. The van der Waals surface area contributed by atoms with Gasteiger partial charge in [0, 0.05) is 30.3 Å². The second-order valence-corrected chi connectivity index (χ2v) is 6.12. The molecule has 0 aliphatic rings. The number of pyridine rings is 1. The highest BCUT2D eigenvalue weighted by Crippen LogP contribution is 2.42. The molecule has 20 heavy (non-hydrogen) atoms. The largest absolute Gasteiger partial charge is 0.388 e. The number of aryl methyl sites for hydroxylation is 1. The molecule has 0 aliphatic carbocycles. The van der Waals surface area contributed by atoms with Gasteiger partial charge in [-0.3, -0.25) is 0 Å². The van der Waals surface area contributed by atoms with Crippen molar-refractivity contribution in [2.75, 3.05) is 14.2 Å². The van der Waals surface area contributed by atoms with E-state index in [1.807, 2.05) is 12.3 Å². The number of fused-ring (bicyclic) bond motifs is 1. The average molecular weight is 350 g/mol. The Labute approximate surface area is 131 Å². The summed E-state index contributed by atoms with van der Waals surface area (Å²) in [5.41, 5.74) is 2.57. The van der Waals surface area contributed by atoms with E-state index in [0.717, 1.165) is 9.30 Å². The van der Waals surface area contributed by atoms with E-state index in [-0.39, 0.29) is 0 Å². The third-order valence-corrected chi connectivity index (χ3v) is 5.03. The first-order chi connectivity index (χ1) is 9.69. The molecule has 0 amide bonds. The Hall–Kier alpha value is -1.23. The molecule has 0 atom stereocenters. The molecule has 104 valence electrons. The molecule has 3 aromatic rings. The third-order valence-electron chi connectivity index (χ3n) is 2.80. The SMILES string of the molecule is COC.Cc1ccccc1-c1sc2ncccc2c1Br. The summed E-state index contributed by atoms with van der Waals surface area (Å²) in [4.78, 5) is 6.75. The van der Waals surface area contributed by atoms with E-state index >= 15 is 0 Å². The van der Waals surface area contributed by atoms with Gasteiger partial charge in [0.2, 0.25) is 0 Å². The van der Waals surface area contributed by atoms with E-state index < -0.39 is 0 Å². The summed E-state index contributed by atoms with van der Waals surface area (Å²) in [6, 6.07) is 12.5. The lowest BCUT2D eigenvalue weighted by molar-refractivity contribution is 0.277. The van der Waals surface area contributed by atoms with Gasteiger partial charge in [-0.1, -0.05) is 24.3 Å². The van der Waals surface area contributed by atoms with Gasteiger partial charge < -0.3 is 4.74 Å². The van der Waals surface area contributed by atoms with Gasteiger partial charge in [0.15, 0.2) is 0 Å². The van der Waals surface area contributed by atoms with E-state index in [4.69, 9.17) is 0 Å². The minimum Gasteiger partial charge on any atom is -0.388 e. The summed E-state index contributed by atoms with van der Waals surface area (Å²) in [6.07, 6.45) is 1.84. The van der Waals surface area contributed by atoms with Crippen molar-refractivity contribution in [1.82, 2.24) is 4.98 Å². The summed E-state index contributed by atoms with van der Waals surface area (Å²) in [5.74, 6) is 0. The maximum atomic E-state index is 4.41. The Morgan fingerprint density at radius 1 is 1.10 bits per heavy atom. The number of hydrogen-bond donors (Lipinski definition) is 0. The van der Waals surface area contributed by atoms with Gasteiger partial charge in [-0.2, -0.15) is 0 Å². The Bertz CT molecular complexity index is 709. The molecule has 0 fully saturated rings. The van der Waals surface area contributed by atoms with Crippen LogP contribution in [-0.2, 0) is 4.74 Å². The highest BCUT2D eigenvalue weighted by molar-refractivity contribution is 9.10. The van der Waals surface area contributed by atoms with Crippen LogP contribution in [0.25, 0.3) is 20.7 Å². The number of thiophene rings is 1. The minimum atomic E-state index is 1.08. The smallest absolute Gasteiger partial charge is 0.124 e. The molecule has 0 spiro atoms. The zero-order chi connectivity index (χ0) is 14.5. The lowest BCUT2D eigenvalue weighted by Crippen LogP contribution is -1.78. The lowest BCUT2D eigenvalue weighted by atomic mass is 10.1. The van der Waals surface area contributed by atoms with Crippen molar-refractivity contribution in [1.29, 1.82) is 0 Å². The van der Waals surface area contributed by atoms with Crippen LogP contribution in [0.4, 0.5) is 0 Å². The number of halogens is 1. The van der Waals surface area contributed by atoms with Crippen molar-refractivity contribution in [2.24, 2.45) is 0 Å². The molecule has 2 nitrogen and oxygen atoms in total. The first-order valence-corrected chi connectivity index (χ1v) is 7.79. The van der Waals surface area contributed by atoms with Gasteiger partial charge >= 0.3 is 0 Å². The van der Waals surface area contributed by atoms with Gasteiger partial charge in [0.25, 0.3) is 0 Å². The molecule has 4 heteroatoms. The number of nitrogens with zero attached hydrogens (tertiary/aromatic N) is 1. The molecule has 0 bridgehead atoms. The molecule has 1 aromatic carbocycles. The molecule has 2 heterocycles. The van der Waals surface area contributed by atoms with Crippen molar-refractivity contribution in [3.8, 4) is 10.4 Å². The molecule has 0 unspecified atom stereocenters. The summed E-state index contributed by atoms with van der Waals surface area (Å²) in [7, 11) is 3.25. The van der Waals surface area contributed by atoms with Gasteiger partial charge in [-0.25, -0.2) is 4.98 Å². The van der Waals surface area contributed by atoms with E-state index in [2.05, 4.69) is 62.9 Å². The Balaban J connectivity index is 0.000000452. The number of ether oxygens (including phenoxy) is 1. The number of methoxy groups -OCH3 is 1. The van der Waals surface area contributed by atoms with E-state index in [1.165, 1.54) is 21.4 Å². The normalized spacial score (nSPS) is 10.2. The first-order valence-electron chi connectivity index (χ1n) is 6.18. The summed E-state index contributed by atoms with van der Waals surface area (Å²) in [6.45, 7) is 2.14. The molecule has 0 saturated heterocycles. The number of rotatable bonds is 1. The molecule has 0 saturated carbocycles. The molecule has 0 N–H and O–H groups in total. The highest BCUT2D eigenvalue weighted by Gasteiger charge is 2.13. The van der Waals surface area contributed by atoms with Crippen LogP contribution < -0.4 is 0 Å². The van der Waals surface area contributed by atoms with E-state index in [9.17, 15) is 0 Å². The monoisotopic (exact) mass is 349 g/mol. The maximum Gasteiger partial charge on any atom is 0.124 e. The summed E-state index contributed by atoms with van der Waals surface area (Å²) >= 11 is 5.43.